The normalized spacial score (nSPS) is 17.8. The number of amides is 1. The van der Waals surface area contributed by atoms with Crippen molar-refractivity contribution >= 4 is 22.5 Å². The molecule has 3 heterocycles. The number of aromatic amines is 1. The lowest BCUT2D eigenvalue weighted by atomic mass is 10.00. The van der Waals surface area contributed by atoms with Gasteiger partial charge < -0.3 is 20.1 Å². The molecule has 1 saturated heterocycles. The Bertz CT molecular complexity index is 1080. The van der Waals surface area contributed by atoms with Crippen molar-refractivity contribution in [1.82, 2.24) is 14.8 Å². The van der Waals surface area contributed by atoms with E-state index in [4.69, 9.17) is 0 Å². The first-order valence-corrected chi connectivity index (χ1v) is 11.6. The van der Waals surface area contributed by atoms with Crippen LogP contribution < -0.4 is 5.32 Å². The third-order valence-electron chi connectivity index (χ3n) is 6.90. The molecule has 0 atom stereocenters. The smallest absolute Gasteiger partial charge is 0.270 e. The molecule has 3 aromatic rings. The molecule has 2 aromatic carbocycles. The number of aromatic nitrogens is 1. The summed E-state index contributed by atoms with van der Waals surface area (Å²) in [6.45, 7) is 8.31. The maximum absolute atomic E-state index is 13.1. The van der Waals surface area contributed by atoms with E-state index in [1.54, 1.807) is 0 Å². The van der Waals surface area contributed by atoms with E-state index in [1.165, 1.54) is 24.0 Å². The van der Waals surface area contributed by atoms with Crippen LogP contribution in [0.3, 0.4) is 0 Å². The van der Waals surface area contributed by atoms with Crippen LogP contribution in [0.2, 0.25) is 0 Å². The summed E-state index contributed by atoms with van der Waals surface area (Å²) in [7, 11) is 0. The Kier molecular flexibility index (Phi) is 5.45. The average molecular weight is 417 g/mol. The van der Waals surface area contributed by atoms with E-state index in [1.807, 2.05) is 11.0 Å². The monoisotopic (exact) mass is 416 g/mol. The highest BCUT2D eigenvalue weighted by Gasteiger charge is 2.23. The van der Waals surface area contributed by atoms with Crippen LogP contribution in [0.25, 0.3) is 10.9 Å². The second kappa shape index (κ2) is 8.39. The highest BCUT2D eigenvalue weighted by Crippen LogP contribution is 2.25. The molecule has 1 amide bonds. The van der Waals surface area contributed by atoms with Crippen LogP contribution in [0.4, 0.5) is 5.69 Å². The number of carbonyl (C=O) groups is 1. The number of rotatable bonds is 4. The Morgan fingerprint density at radius 2 is 1.81 bits per heavy atom. The van der Waals surface area contributed by atoms with Crippen molar-refractivity contribution in [3.8, 4) is 0 Å². The summed E-state index contributed by atoms with van der Waals surface area (Å²) < 4.78 is 0. The molecule has 0 spiro atoms. The van der Waals surface area contributed by atoms with Crippen LogP contribution in [0.15, 0.2) is 48.5 Å². The molecule has 0 unspecified atom stereocenters. The van der Waals surface area contributed by atoms with Crippen LogP contribution >= 0.6 is 0 Å². The molecule has 5 rings (SSSR count). The second-order valence-corrected chi connectivity index (χ2v) is 9.28. The predicted molar refractivity (Wildman–Crippen MR) is 127 cm³/mol. The number of anilines is 1. The highest BCUT2D eigenvalue weighted by atomic mass is 16.2. The molecule has 1 aromatic heterocycles. The summed E-state index contributed by atoms with van der Waals surface area (Å²) in [5, 5.41) is 4.80. The molecule has 2 aliphatic rings. The zero-order valence-corrected chi connectivity index (χ0v) is 18.5. The first kappa shape index (κ1) is 20.1. The van der Waals surface area contributed by atoms with Gasteiger partial charge in [0.2, 0.25) is 0 Å². The molecule has 0 radical (unpaired) electrons. The lowest BCUT2D eigenvalue weighted by molar-refractivity contribution is 0.0729. The van der Waals surface area contributed by atoms with Crippen molar-refractivity contribution in [2.75, 3.05) is 25.0 Å². The maximum atomic E-state index is 13.1. The minimum Gasteiger partial charge on any atom is -0.382 e. The van der Waals surface area contributed by atoms with Crippen molar-refractivity contribution in [2.24, 2.45) is 0 Å². The molecule has 0 bridgehead atoms. The number of fused-ring (bicyclic) bond motifs is 2. The van der Waals surface area contributed by atoms with Crippen molar-refractivity contribution in [3.05, 3.63) is 65.4 Å². The first-order valence-electron chi connectivity index (χ1n) is 11.6. The number of hydrogen-bond acceptors (Lipinski definition) is 3. The molecule has 1 fully saturated rings. The van der Waals surface area contributed by atoms with Gasteiger partial charge in [-0.15, -0.1) is 0 Å². The lowest BCUT2D eigenvalue weighted by Crippen LogP contribution is -2.42. The number of likely N-dealkylation sites (tertiary alicyclic amines) is 1. The fraction of sp³-hybridized carbons (Fsp3) is 0.423. The molecule has 5 nitrogen and oxygen atoms in total. The summed E-state index contributed by atoms with van der Waals surface area (Å²) in [5.41, 5.74) is 5.45. The van der Waals surface area contributed by atoms with Crippen molar-refractivity contribution in [2.45, 2.75) is 51.7 Å². The summed E-state index contributed by atoms with van der Waals surface area (Å²) >= 11 is 0. The van der Waals surface area contributed by atoms with E-state index in [9.17, 15) is 4.79 Å². The highest BCUT2D eigenvalue weighted by molar-refractivity contribution is 5.98. The molecule has 31 heavy (non-hydrogen) atoms. The summed E-state index contributed by atoms with van der Waals surface area (Å²) in [4.78, 5) is 21.0. The largest absolute Gasteiger partial charge is 0.382 e. The third-order valence-corrected chi connectivity index (χ3v) is 6.90. The van der Waals surface area contributed by atoms with Gasteiger partial charge in [0.25, 0.3) is 5.91 Å². The maximum Gasteiger partial charge on any atom is 0.270 e. The van der Waals surface area contributed by atoms with Crippen LogP contribution in [0, 0.1) is 0 Å². The fourth-order valence-electron chi connectivity index (χ4n) is 4.97. The zero-order chi connectivity index (χ0) is 21.4. The lowest BCUT2D eigenvalue weighted by Gasteiger charge is -2.35. The number of nitrogens with zero attached hydrogens (tertiary/aromatic N) is 2. The van der Waals surface area contributed by atoms with E-state index in [0.29, 0.717) is 24.3 Å². The molecular weight excluding hydrogens is 384 g/mol. The topological polar surface area (TPSA) is 51.4 Å². The Labute approximate surface area is 184 Å². The molecule has 5 heteroatoms. The predicted octanol–water partition coefficient (Wildman–Crippen LogP) is 4.65. The van der Waals surface area contributed by atoms with Gasteiger partial charge in [-0.3, -0.25) is 4.79 Å². The van der Waals surface area contributed by atoms with Crippen molar-refractivity contribution < 1.29 is 4.79 Å². The molecule has 162 valence electrons. The van der Waals surface area contributed by atoms with Gasteiger partial charge in [-0.1, -0.05) is 24.3 Å². The number of H-pyrrole nitrogens is 1. The Hall–Kier alpha value is -2.79. The van der Waals surface area contributed by atoms with Crippen molar-refractivity contribution in [1.29, 1.82) is 0 Å². The third kappa shape index (κ3) is 4.19. The van der Waals surface area contributed by atoms with Gasteiger partial charge in [0, 0.05) is 54.9 Å². The SMILES string of the molecule is CC(C)N1CCC(Nc2ccc3[nH]c(C(=O)N4CCc5ccccc5C4)cc3c2)CC1. The number of benzene rings is 2. The van der Waals surface area contributed by atoms with Gasteiger partial charge in [-0.2, -0.15) is 0 Å². The summed E-state index contributed by atoms with van der Waals surface area (Å²) in [5.74, 6) is 0.0845. The van der Waals surface area contributed by atoms with Gasteiger partial charge >= 0.3 is 0 Å². The number of piperidine rings is 1. The molecule has 2 N–H and O–H groups in total. The fourth-order valence-corrected chi connectivity index (χ4v) is 4.97. The summed E-state index contributed by atoms with van der Waals surface area (Å²) in [6, 6.07) is 18.0. The van der Waals surface area contributed by atoms with Crippen LogP contribution in [0.1, 0.15) is 48.3 Å². The number of carbonyl (C=O) groups excluding carboxylic acids is 1. The van der Waals surface area contributed by atoms with Gasteiger partial charge in [-0.25, -0.2) is 0 Å². The molecular formula is C26H32N4O. The van der Waals surface area contributed by atoms with Gasteiger partial charge in [0.1, 0.15) is 5.69 Å². The van der Waals surface area contributed by atoms with E-state index >= 15 is 0 Å². The van der Waals surface area contributed by atoms with E-state index < -0.39 is 0 Å². The van der Waals surface area contributed by atoms with E-state index in [2.05, 4.69) is 71.5 Å². The minimum atomic E-state index is 0.0845. The second-order valence-electron chi connectivity index (χ2n) is 9.28. The molecule has 0 aliphatic carbocycles. The Morgan fingerprint density at radius 1 is 1.03 bits per heavy atom. The Morgan fingerprint density at radius 3 is 2.58 bits per heavy atom. The first-order chi connectivity index (χ1) is 15.1. The molecule has 2 aliphatic heterocycles. The van der Waals surface area contributed by atoms with Crippen LogP contribution in [-0.4, -0.2) is 52.4 Å². The quantitative estimate of drug-likeness (QED) is 0.651. The van der Waals surface area contributed by atoms with E-state index in [-0.39, 0.29) is 5.91 Å². The number of hydrogen-bond donors (Lipinski definition) is 2. The standard InChI is InChI=1S/C26H32N4O/c1-18(2)29-13-10-22(11-14-29)27-23-7-8-24-21(15-23)16-25(28-24)26(31)30-12-9-19-5-3-4-6-20(19)17-30/h3-8,15-16,18,22,27-28H,9-14,17H2,1-2H3. The summed E-state index contributed by atoms with van der Waals surface area (Å²) in [6.07, 6.45) is 3.26. The van der Waals surface area contributed by atoms with Crippen LogP contribution in [0.5, 0.6) is 0 Å². The van der Waals surface area contributed by atoms with Crippen LogP contribution in [-0.2, 0) is 13.0 Å². The van der Waals surface area contributed by atoms with Gasteiger partial charge in [0.05, 0.1) is 0 Å². The molecule has 0 saturated carbocycles. The minimum absolute atomic E-state index is 0.0845. The van der Waals surface area contributed by atoms with Gasteiger partial charge in [-0.05, 0) is 68.5 Å². The van der Waals surface area contributed by atoms with Crippen molar-refractivity contribution in [3.63, 3.8) is 0 Å². The van der Waals surface area contributed by atoms with Gasteiger partial charge in [0.15, 0.2) is 0 Å². The average Bonchev–Trinajstić information content (AvgIpc) is 3.22. The number of nitrogens with one attached hydrogen (secondary N) is 2. The van der Waals surface area contributed by atoms with E-state index in [0.717, 1.165) is 42.6 Å². The zero-order valence-electron chi connectivity index (χ0n) is 18.5. The Balaban J connectivity index is 1.27.